The van der Waals surface area contributed by atoms with E-state index in [1.807, 2.05) is 12.1 Å². The van der Waals surface area contributed by atoms with Crippen molar-refractivity contribution in [2.45, 2.75) is 37.7 Å². The SMILES string of the molecule is CC(C)(C)OC(=O)NCCc1cn(S(=O)(=O)c2ccccc2)c2ccc(Br)cc12. The molecule has 1 heterocycles. The van der Waals surface area contributed by atoms with E-state index in [2.05, 4.69) is 21.2 Å². The number of benzene rings is 2. The van der Waals surface area contributed by atoms with Crippen LogP contribution in [0.2, 0.25) is 0 Å². The summed E-state index contributed by atoms with van der Waals surface area (Å²) < 4.78 is 33.7. The van der Waals surface area contributed by atoms with Crippen molar-refractivity contribution in [2.24, 2.45) is 0 Å². The molecule has 8 heteroatoms. The second kappa shape index (κ2) is 8.20. The molecule has 0 spiro atoms. The Balaban J connectivity index is 1.91. The van der Waals surface area contributed by atoms with Crippen LogP contribution in [0.25, 0.3) is 10.9 Å². The molecular weight excluding hydrogens is 456 g/mol. The van der Waals surface area contributed by atoms with Crippen molar-refractivity contribution < 1.29 is 17.9 Å². The summed E-state index contributed by atoms with van der Waals surface area (Å²) in [4.78, 5) is 12.1. The van der Waals surface area contributed by atoms with Gasteiger partial charge in [-0.25, -0.2) is 17.2 Å². The summed E-state index contributed by atoms with van der Waals surface area (Å²) in [6, 6.07) is 13.8. The van der Waals surface area contributed by atoms with Gasteiger partial charge in [0.25, 0.3) is 10.0 Å². The topological polar surface area (TPSA) is 77.4 Å². The van der Waals surface area contributed by atoms with Gasteiger partial charge in [0.2, 0.25) is 0 Å². The molecule has 1 amide bonds. The highest BCUT2D eigenvalue weighted by Gasteiger charge is 2.21. The number of hydrogen-bond donors (Lipinski definition) is 1. The van der Waals surface area contributed by atoms with Crippen LogP contribution in [-0.2, 0) is 21.2 Å². The van der Waals surface area contributed by atoms with E-state index >= 15 is 0 Å². The first kappa shape index (κ1) is 21.4. The van der Waals surface area contributed by atoms with Gasteiger partial charge in [0.15, 0.2) is 0 Å². The molecule has 154 valence electrons. The Morgan fingerprint density at radius 3 is 2.48 bits per heavy atom. The first-order valence-electron chi connectivity index (χ1n) is 9.15. The zero-order valence-corrected chi connectivity index (χ0v) is 18.9. The predicted octanol–water partition coefficient (Wildman–Crippen LogP) is 4.71. The normalized spacial score (nSPS) is 12.1. The van der Waals surface area contributed by atoms with Crippen LogP contribution in [0.4, 0.5) is 4.79 Å². The number of fused-ring (bicyclic) bond motifs is 1. The Kier molecular flexibility index (Phi) is 6.05. The lowest BCUT2D eigenvalue weighted by Gasteiger charge is -2.19. The Morgan fingerprint density at radius 1 is 1.14 bits per heavy atom. The van der Waals surface area contributed by atoms with Gasteiger partial charge in [0.1, 0.15) is 5.60 Å². The van der Waals surface area contributed by atoms with Crippen molar-refractivity contribution in [3.05, 3.63) is 64.8 Å². The van der Waals surface area contributed by atoms with E-state index in [1.54, 1.807) is 63.4 Å². The van der Waals surface area contributed by atoms with Crippen molar-refractivity contribution in [1.29, 1.82) is 0 Å². The average molecular weight is 479 g/mol. The largest absolute Gasteiger partial charge is 0.444 e. The molecule has 0 aliphatic carbocycles. The highest BCUT2D eigenvalue weighted by atomic mass is 79.9. The zero-order valence-electron chi connectivity index (χ0n) is 16.5. The van der Waals surface area contributed by atoms with Gasteiger partial charge in [0, 0.05) is 22.6 Å². The number of nitrogens with one attached hydrogen (secondary N) is 1. The minimum atomic E-state index is -3.73. The van der Waals surface area contributed by atoms with Crippen molar-refractivity contribution >= 4 is 42.9 Å². The maximum atomic E-state index is 13.1. The summed E-state index contributed by atoms with van der Waals surface area (Å²) in [5.74, 6) is 0. The summed E-state index contributed by atoms with van der Waals surface area (Å²) in [5, 5.41) is 3.53. The number of hydrogen-bond acceptors (Lipinski definition) is 4. The molecular formula is C21H23BrN2O4S. The summed E-state index contributed by atoms with van der Waals surface area (Å²) in [5.41, 5.74) is 0.829. The molecule has 0 unspecified atom stereocenters. The van der Waals surface area contributed by atoms with Gasteiger partial charge in [-0.15, -0.1) is 0 Å². The second-order valence-electron chi connectivity index (χ2n) is 7.61. The molecule has 2 aromatic carbocycles. The third-order valence-corrected chi connectivity index (χ3v) is 6.36. The lowest BCUT2D eigenvalue weighted by Crippen LogP contribution is -2.33. The molecule has 1 aromatic heterocycles. The van der Waals surface area contributed by atoms with E-state index < -0.39 is 21.7 Å². The third-order valence-electron chi connectivity index (χ3n) is 4.18. The van der Waals surface area contributed by atoms with Crippen LogP contribution < -0.4 is 5.32 Å². The van der Waals surface area contributed by atoms with Crippen LogP contribution in [0.5, 0.6) is 0 Å². The number of aromatic nitrogens is 1. The summed E-state index contributed by atoms with van der Waals surface area (Å²) in [7, 11) is -3.73. The minimum absolute atomic E-state index is 0.221. The molecule has 3 rings (SSSR count). The summed E-state index contributed by atoms with van der Waals surface area (Å²) in [6.45, 7) is 5.72. The Morgan fingerprint density at radius 2 is 1.83 bits per heavy atom. The molecule has 29 heavy (non-hydrogen) atoms. The first-order valence-corrected chi connectivity index (χ1v) is 11.4. The number of nitrogens with zero attached hydrogens (tertiary/aromatic N) is 1. The number of carbonyl (C=O) groups excluding carboxylic acids is 1. The number of rotatable bonds is 5. The molecule has 1 N–H and O–H groups in total. The third kappa shape index (κ3) is 5.00. The van der Waals surface area contributed by atoms with E-state index in [4.69, 9.17) is 4.74 Å². The predicted molar refractivity (Wildman–Crippen MR) is 117 cm³/mol. The molecule has 0 saturated carbocycles. The molecule has 0 aliphatic rings. The van der Waals surface area contributed by atoms with E-state index in [9.17, 15) is 13.2 Å². The Bertz CT molecular complexity index is 1130. The highest BCUT2D eigenvalue weighted by molar-refractivity contribution is 9.10. The monoisotopic (exact) mass is 478 g/mol. The fourth-order valence-electron chi connectivity index (χ4n) is 2.96. The fourth-order valence-corrected chi connectivity index (χ4v) is 4.73. The average Bonchev–Trinajstić information content (AvgIpc) is 2.99. The first-order chi connectivity index (χ1) is 13.6. The molecule has 0 radical (unpaired) electrons. The van der Waals surface area contributed by atoms with Gasteiger partial charge in [-0.05, 0) is 63.1 Å². The van der Waals surface area contributed by atoms with E-state index in [0.29, 0.717) is 18.5 Å². The molecule has 3 aromatic rings. The van der Waals surface area contributed by atoms with Crippen molar-refractivity contribution in [3.8, 4) is 0 Å². The Hall–Kier alpha value is -2.32. The van der Waals surface area contributed by atoms with Gasteiger partial charge in [-0.1, -0.05) is 34.1 Å². The fraction of sp³-hybridized carbons (Fsp3) is 0.286. The lowest BCUT2D eigenvalue weighted by molar-refractivity contribution is 0.0528. The number of ether oxygens (including phenoxy) is 1. The number of carbonyl (C=O) groups is 1. The highest BCUT2D eigenvalue weighted by Crippen LogP contribution is 2.29. The quantitative estimate of drug-likeness (QED) is 0.575. The Labute approximate surface area is 179 Å². The van der Waals surface area contributed by atoms with Crippen molar-refractivity contribution in [2.75, 3.05) is 6.54 Å². The smallest absolute Gasteiger partial charge is 0.407 e. The maximum absolute atomic E-state index is 13.1. The van der Waals surface area contributed by atoms with Crippen LogP contribution in [0.15, 0.2) is 64.1 Å². The number of amides is 1. The maximum Gasteiger partial charge on any atom is 0.407 e. The van der Waals surface area contributed by atoms with Crippen molar-refractivity contribution in [1.82, 2.24) is 9.29 Å². The van der Waals surface area contributed by atoms with Crippen LogP contribution >= 0.6 is 15.9 Å². The summed E-state index contributed by atoms with van der Waals surface area (Å²) >= 11 is 3.45. The standard InChI is InChI=1S/C21H23BrN2O4S/c1-21(2,3)28-20(25)23-12-11-15-14-24(19-10-9-16(22)13-18(15)19)29(26,27)17-7-5-4-6-8-17/h4-10,13-14H,11-12H2,1-3H3,(H,23,25). The summed E-state index contributed by atoms with van der Waals surface area (Å²) in [6.07, 6.45) is 1.58. The minimum Gasteiger partial charge on any atom is -0.444 e. The van der Waals surface area contributed by atoms with E-state index in [-0.39, 0.29) is 4.90 Å². The van der Waals surface area contributed by atoms with Gasteiger partial charge >= 0.3 is 6.09 Å². The van der Waals surface area contributed by atoms with Crippen LogP contribution in [0.3, 0.4) is 0 Å². The van der Waals surface area contributed by atoms with Crippen molar-refractivity contribution in [3.63, 3.8) is 0 Å². The van der Waals surface area contributed by atoms with Gasteiger partial charge < -0.3 is 10.1 Å². The zero-order chi connectivity index (χ0) is 21.2. The number of halogens is 1. The van der Waals surface area contributed by atoms with Crippen LogP contribution in [-0.4, -0.2) is 30.6 Å². The number of alkyl carbamates (subject to hydrolysis) is 1. The van der Waals surface area contributed by atoms with Gasteiger partial charge in [-0.2, -0.15) is 0 Å². The van der Waals surface area contributed by atoms with Gasteiger partial charge in [0.05, 0.1) is 10.4 Å². The van der Waals surface area contributed by atoms with Gasteiger partial charge in [-0.3, -0.25) is 0 Å². The molecule has 0 atom stereocenters. The molecule has 0 bridgehead atoms. The lowest BCUT2D eigenvalue weighted by atomic mass is 10.1. The molecule has 0 fully saturated rings. The second-order valence-corrected chi connectivity index (χ2v) is 10.3. The van der Waals surface area contributed by atoms with E-state index in [0.717, 1.165) is 15.4 Å². The van der Waals surface area contributed by atoms with Crippen LogP contribution in [0, 0.1) is 0 Å². The van der Waals surface area contributed by atoms with Crippen LogP contribution in [0.1, 0.15) is 26.3 Å². The molecule has 0 aliphatic heterocycles. The molecule has 0 saturated heterocycles. The molecule has 6 nitrogen and oxygen atoms in total. The van der Waals surface area contributed by atoms with E-state index in [1.165, 1.54) is 3.97 Å².